The van der Waals surface area contributed by atoms with E-state index in [0.29, 0.717) is 34.8 Å². The summed E-state index contributed by atoms with van der Waals surface area (Å²) in [5.74, 6) is 2.22. The van der Waals surface area contributed by atoms with Gasteiger partial charge in [-0.25, -0.2) is 9.37 Å². The molecule has 3 aromatic rings. The summed E-state index contributed by atoms with van der Waals surface area (Å²) in [4.78, 5) is 11.6. The minimum Gasteiger partial charge on any atom is -0.356 e. The van der Waals surface area contributed by atoms with E-state index in [0.717, 1.165) is 49.2 Å². The fourth-order valence-electron chi connectivity index (χ4n) is 3.85. The van der Waals surface area contributed by atoms with Crippen molar-refractivity contribution in [2.75, 3.05) is 24.5 Å². The highest BCUT2D eigenvalue weighted by Crippen LogP contribution is 2.34. The molecule has 1 aliphatic rings. The molecular formula is C22H28FN5O. The summed E-state index contributed by atoms with van der Waals surface area (Å²) in [6.45, 7) is 10.8. The van der Waals surface area contributed by atoms with Crippen molar-refractivity contribution in [3.05, 3.63) is 35.4 Å². The maximum absolute atomic E-state index is 14.1. The molecule has 4 rings (SSSR count). The molecule has 0 spiro atoms. The molecule has 1 fully saturated rings. The van der Waals surface area contributed by atoms with Crippen LogP contribution in [0, 0.1) is 25.6 Å². The quantitative estimate of drug-likeness (QED) is 0.694. The van der Waals surface area contributed by atoms with Crippen molar-refractivity contribution in [3.63, 3.8) is 0 Å². The van der Waals surface area contributed by atoms with Crippen molar-refractivity contribution in [2.45, 2.75) is 46.6 Å². The summed E-state index contributed by atoms with van der Waals surface area (Å²) in [6, 6.07) is 5.74. The number of rotatable bonds is 5. The molecule has 1 aliphatic heterocycles. The van der Waals surface area contributed by atoms with Crippen molar-refractivity contribution >= 4 is 16.7 Å². The second-order valence-electron chi connectivity index (χ2n) is 8.31. The van der Waals surface area contributed by atoms with Crippen LogP contribution < -0.4 is 10.2 Å². The summed E-state index contributed by atoms with van der Waals surface area (Å²) in [7, 11) is 0. The smallest absolute Gasteiger partial charge is 0.261 e. The van der Waals surface area contributed by atoms with Crippen LogP contribution in [0.5, 0.6) is 0 Å². The van der Waals surface area contributed by atoms with Crippen LogP contribution in [0.3, 0.4) is 0 Å². The number of halogens is 1. The molecule has 6 nitrogen and oxygen atoms in total. The number of benzene rings is 1. The van der Waals surface area contributed by atoms with Crippen LogP contribution in [0.1, 0.15) is 38.1 Å². The van der Waals surface area contributed by atoms with Crippen molar-refractivity contribution in [2.24, 2.45) is 5.92 Å². The first-order valence-corrected chi connectivity index (χ1v) is 10.3. The summed E-state index contributed by atoms with van der Waals surface area (Å²) in [6.07, 6.45) is 2.08. The van der Waals surface area contributed by atoms with Crippen LogP contribution in [-0.4, -0.2) is 40.8 Å². The Balaban J connectivity index is 1.69. The van der Waals surface area contributed by atoms with Crippen LogP contribution >= 0.6 is 0 Å². The maximum Gasteiger partial charge on any atom is 0.261 e. The molecule has 0 saturated carbocycles. The fraction of sp³-hybridized carbons (Fsp3) is 0.500. The van der Waals surface area contributed by atoms with Gasteiger partial charge in [0.05, 0.1) is 11.1 Å². The number of nitrogens with one attached hydrogen (secondary N) is 1. The zero-order valence-electron chi connectivity index (χ0n) is 17.5. The van der Waals surface area contributed by atoms with Gasteiger partial charge in [0.25, 0.3) is 5.89 Å². The van der Waals surface area contributed by atoms with E-state index >= 15 is 0 Å². The molecule has 0 amide bonds. The lowest BCUT2D eigenvalue weighted by molar-refractivity contribution is 0.391. The van der Waals surface area contributed by atoms with Gasteiger partial charge in [0.15, 0.2) is 5.82 Å². The zero-order chi connectivity index (χ0) is 20.5. The van der Waals surface area contributed by atoms with E-state index in [2.05, 4.69) is 34.2 Å². The van der Waals surface area contributed by atoms with Gasteiger partial charge in [0.2, 0.25) is 0 Å². The Morgan fingerprint density at radius 2 is 1.97 bits per heavy atom. The maximum atomic E-state index is 14.1. The summed E-state index contributed by atoms with van der Waals surface area (Å²) < 4.78 is 19.6. The van der Waals surface area contributed by atoms with E-state index in [9.17, 15) is 4.39 Å². The number of aromatic nitrogens is 3. The van der Waals surface area contributed by atoms with Gasteiger partial charge in [-0.1, -0.05) is 19.0 Å². The molecule has 0 atom stereocenters. The minimum atomic E-state index is -0.242. The SMILES string of the molecule is Cc1noc(-c2cc3ccc(F)c(C)c3nc2N2CCC(NCC(C)C)CC2)n1. The van der Waals surface area contributed by atoms with E-state index < -0.39 is 0 Å². The van der Waals surface area contributed by atoms with E-state index in [1.807, 2.05) is 6.07 Å². The molecule has 1 N–H and O–H groups in total. The number of pyridine rings is 1. The molecule has 1 aromatic carbocycles. The van der Waals surface area contributed by atoms with Crippen LogP contribution in [0.25, 0.3) is 22.4 Å². The Morgan fingerprint density at radius 3 is 2.62 bits per heavy atom. The Kier molecular flexibility index (Phi) is 5.50. The molecule has 154 valence electrons. The van der Waals surface area contributed by atoms with Gasteiger partial charge in [-0.2, -0.15) is 4.98 Å². The van der Waals surface area contributed by atoms with Gasteiger partial charge in [-0.3, -0.25) is 0 Å². The second kappa shape index (κ2) is 8.06. The Labute approximate surface area is 170 Å². The molecule has 3 heterocycles. The molecular weight excluding hydrogens is 369 g/mol. The number of nitrogens with zero attached hydrogens (tertiary/aromatic N) is 4. The van der Waals surface area contributed by atoms with E-state index in [1.54, 1.807) is 19.9 Å². The third-order valence-electron chi connectivity index (χ3n) is 5.52. The van der Waals surface area contributed by atoms with Crippen molar-refractivity contribution < 1.29 is 8.91 Å². The van der Waals surface area contributed by atoms with Crippen LogP contribution in [0.2, 0.25) is 0 Å². The zero-order valence-corrected chi connectivity index (χ0v) is 17.5. The standard InChI is InChI=1S/C22H28FN5O/c1-13(2)12-24-17-7-9-28(10-8-17)21-18(22-25-15(4)27-29-22)11-16-5-6-19(23)14(3)20(16)26-21/h5-6,11,13,17,24H,7-10,12H2,1-4H3. The van der Waals surface area contributed by atoms with Crippen LogP contribution in [0.4, 0.5) is 10.2 Å². The van der Waals surface area contributed by atoms with Gasteiger partial charge in [0.1, 0.15) is 11.6 Å². The molecule has 29 heavy (non-hydrogen) atoms. The van der Waals surface area contributed by atoms with E-state index in [-0.39, 0.29) is 5.82 Å². The summed E-state index contributed by atoms with van der Waals surface area (Å²) >= 11 is 0. The highest BCUT2D eigenvalue weighted by molar-refractivity contribution is 5.89. The average Bonchev–Trinajstić information content (AvgIpc) is 3.15. The monoisotopic (exact) mass is 397 g/mol. The molecule has 1 saturated heterocycles. The summed E-state index contributed by atoms with van der Waals surface area (Å²) in [5.41, 5.74) is 2.04. The molecule has 7 heteroatoms. The van der Waals surface area contributed by atoms with Crippen molar-refractivity contribution in [3.8, 4) is 11.5 Å². The summed E-state index contributed by atoms with van der Waals surface area (Å²) in [5, 5.41) is 8.46. The lowest BCUT2D eigenvalue weighted by Crippen LogP contribution is -2.44. The second-order valence-corrected chi connectivity index (χ2v) is 8.31. The average molecular weight is 397 g/mol. The number of aryl methyl sites for hydroxylation is 2. The van der Waals surface area contributed by atoms with Gasteiger partial charge in [-0.05, 0) is 57.4 Å². The molecule has 0 radical (unpaired) electrons. The predicted molar refractivity (Wildman–Crippen MR) is 113 cm³/mol. The number of anilines is 1. The van der Waals surface area contributed by atoms with Crippen LogP contribution in [-0.2, 0) is 0 Å². The lowest BCUT2D eigenvalue weighted by Gasteiger charge is -2.34. The number of fused-ring (bicyclic) bond motifs is 1. The predicted octanol–water partition coefficient (Wildman–Crippen LogP) is 4.26. The molecule has 2 aromatic heterocycles. The van der Waals surface area contributed by atoms with E-state index in [4.69, 9.17) is 9.51 Å². The Morgan fingerprint density at radius 1 is 1.21 bits per heavy atom. The minimum absolute atomic E-state index is 0.242. The molecule has 0 bridgehead atoms. The molecule has 0 aliphatic carbocycles. The van der Waals surface area contributed by atoms with Crippen LogP contribution in [0.15, 0.2) is 22.7 Å². The van der Waals surface area contributed by atoms with Gasteiger partial charge >= 0.3 is 0 Å². The lowest BCUT2D eigenvalue weighted by atomic mass is 10.0. The Bertz CT molecular complexity index is 1010. The normalized spacial score (nSPS) is 15.6. The topological polar surface area (TPSA) is 67.1 Å². The number of piperidine rings is 1. The Hall–Kier alpha value is -2.54. The number of hydrogen-bond acceptors (Lipinski definition) is 6. The molecule has 0 unspecified atom stereocenters. The van der Waals surface area contributed by atoms with Crippen molar-refractivity contribution in [1.82, 2.24) is 20.4 Å². The largest absolute Gasteiger partial charge is 0.356 e. The first-order chi connectivity index (χ1) is 13.9. The van der Waals surface area contributed by atoms with Crippen molar-refractivity contribution in [1.29, 1.82) is 0 Å². The van der Waals surface area contributed by atoms with Gasteiger partial charge in [-0.15, -0.1) is 0 Å². The van der Waals surface area contributed by atoms with E-state index in [1.165, 1.54) is 6.07 Å². The first kappa shape index (κ1) is 19.8. The van der Waals surface area contributed by atoms with Gasteiger partial charge in [0, 0.05) is 30.1 Å². The third kappa shape index (κ3) is 4.10. The highest BCUT2D eigenvalue weighted by atomic mass is 19.1. The van der Waals surface area contributed by atoms with Gasteiger partial charge < -0.3 is 14.7 Å². The first-order valence-electron chi connectivity index (χ1n) is 10.3. The third-order valence-corrected chi connectivity index (χ3v) is 5.52. The fourth-order valence-corrected chi connectivity index (χ4v) is 3.85. The number of hydrogen-bond donors (Lipinski definition) is 1. The highest BCUT2D eigenvalue weighted by Gasteiger charge is 2.25.